The first kappa shape index (κ1) is 19.7. The number of hydrogen-bond acceptors (Lipinski definition) is 4. The summed E-state index contributed by atoms with van der Waals surface area (Å²) in [5, 5.41) is 3.21. The number of anilines is 1. The summed E-state index contributed by atoms with van der Waals surface area (Å²) < 4.78 is 32.8. The van der Waals surface area contributed by atoms with Crippen LogP contribution in [-0.2, 0) is 19.6 Å². The Morgan fingerprint density at radius 3 is 2.48 bits per heavy atom. The zero-order valence-electron chi connectivity index (χ0n) is 14.7. The Balaban J connectivity index is 1.80. The number of hydrogen-bond donors (Lipinski definition) is 1. The van der Waals surface area contributed by atoms with E-state index >= 15 is 0 Å². The van der Waals surface area contributed by atoms with E-state index in [1.54, 1.807) is 30.3 Å². The van der Waals surface area contributed by atoms with Gasteiger partial charge in [-0.2, -0.15) is 0 Å². The van der Waals surface area contributed by atoms with Crippen molar-refractivity contribution in [3.8, 4) is 0 Å². The number of rotatable bonds is 7. The standard InChI is InChI=1S/C19H21ClN2O4S/c20-15-8-10-18(11-9-15)27(24,25)22(16-5-2-1-3-6-16)14-19(23)21-13-17-7-4-12-26-17/h1-3,5-6,8-11,17H,4,7,12-14H2,(H,21,23). The van der Waals surface area contributed by atoms with Crippen molar-refractivity contribution in [2.75, 3.05) is 24.0 Å². The lowest BCUT2D eigenvalue weighted by Gasteiger charge is -2.24. The molecule has 1 saturated heterocycles. The lowest BCUT2D eigenvalue weighted by Crippen LogP contribution is -2.42. The van der Waals surface area contributed by atoms with Crippen LogP contribution in [0.2, 0.25) is 5.02 Å². The molecule has 1 amide bonds. The molecular weight excluding hydrogens is 388 g/mol. The van der Waals surface area contributed by atoms with Crippen molar-refractivity contribution in [2.45, 2.75) is 23.8 Å². The third-order valence-electron chi connectivity index (χ3n) is 4.28. The quantitative estimate of drug-likeness (QED) is 0.764. The van der Waals surface area contributed by atoms with E-state index in [-0.39, 0.29) is 23.5 Å². The lowest BCUT2D eigenvalue weighted by atomic mass is 10.2. The van der Waals surface area contributed by atoms with Crippen LogP contribution in [0.3, 0.4) is 0 Å². The zero-order valence-corrected chi connectivity index (χ0v) is 16.2. The van der Waals surface area contributed by atoms with Crippen LogP contribution in [0.25, 0.3) is 0 Å². The smallest absolute Gasteiger partial charge is 0.264 e. The third kappa shape index (κ3) is 5.00. The van der Waals surface area contributed by atoms with Gasteiger partial charge in [0.25, 0.3) is 10.0 Å². The number of nitrogens with zero attached hydrogens (tertiary/aromatic N) is 1. The number of halogens is 1. The maximum Gasteiger partial charge on any atom is 0.264 e. The number of carbonyl (C=O) groups is 1. The van der Waals surface area contributed by atoms with Gasteiger partial charge in [0.05, 0.1) is 16.7 Å². The fraction of sp³-hybridized carbons (Fsp3) is 0.316. The molecule has 1 atom stereocenters. The molecular formula is C19H21ClN2O4S. The molecule has 3 rings (SSSR count). The van der Waals surface area contributed by atoms with Crippen LogP contribution >= 0.6 is 11.6 Å². The topological polar surface area (TPSA) is 75.7 Å². The molecule has 2 aromatic rings. The van der Waals surface area contributed by atoms with Crippen LogP contribution in [-0.4, -0.2) is 40.1 Å². The van der Waals surface area contributed by atoms with Crippen LogP contribution in [0.1, 0.15) is 12.8 Å². The molecule has 1 fully saturated rings. The second-order valence-electron chi connectivity index (χ2n) is 6.24. The number of nitrogens with one attached hydrogen (secondary N) is 1. The Hall–Kier alpha value is -2.09. The first-order valence-corrected chi connectivity index (χ1v) is 10.5. The second-order valence-corrected chi connectivity index (χ2v) is 8.54. The van der Waals surface area contributed by atoms with E-state index in [0.29, 0.717) is 23.9 Å². The van der Waals surface area contributed by atoms with E-state index in [9.17, 15) is 13.2 Å². The Kier molecular flexibility index (Phi) is 6.36. The highest BCUT2D eigenvalue weighted by atomic mass is 35.5. The van der Waals surface area contributed by atoms with Gasteiger partial charge in [0, 0.05) is 18.2 Å². The lowest BCUT2D eigenvalue weighted by molar-refractivity contribution is -0.120. The minimum atomic E-state index is -3.92. The van der Waals surface area contributed by atoms with Crippen molar-refractivity contribution >= 4 is 33.2 Å². The predicted octanol–water partition coefficient (Wildman–Crippen LogP) is 2.83. The normalized spacial score (nSPS) is 16.9. The highest BCUT2D eigenvalue weighted by Crippen LogP contribution is 2.24. The molecule has 27 heavy (non-hydrogen) atoms. The maximum atomic E-state index is 13.1. The molecule has 0 saturated carbocycles. The summed E-state index contributed by atoms with van der Waals surface area (Å²) >= 11 is 5.86. The number of benzene rings is 2. The fourth-order valence-corrected chi connectivity index (χ4v) is 4.41. The molecule has 1 N–H and O–H groups in total. The Bertz CT molecular complexity index is 866. The molecule has 8 heteroatoms. The highest BCUT2D eigenvalue weighted by molar-refractivity contribution is 7.92. The molecule has 0 aliphatic carbocycles. The zero-order chi connectivity index (χ0) is 19.3. The molecule has 0 spiro atoms. The van der Waals surface area contributed by atoms with Crippen molar-refractivity contribution in [2.24, 2.45) is 0 Å². The summed E-state index contributed by atoms with van der Waals surface area (Å²) in [6, 6.07) is 14.4. The summed E-state index contributed by atoms with van der Waals surface area (Å²) in [5.41, 5.74) is 0.416. The van der Waals surface area contributed by atoms with E-state index in [2.05, 4.69) is 5.32 Å². The van der Waals surface area contributed by atoms with Gasteiger partial charge in [-0.1, -0.05) is 29.8 Å². The van der Waals surface area contributed by atoms with Crippen LogP contribution in [0.15, 0.2) is 59.5 Å². The van der Waals surface area contributed by atoms with Crippen LogP contribution in [0.5, 0.6) is 0 Å². The van der Waals surface area contributed by atoms with Gasteiger partial charge in [0.15, 0.2) is 0 Å². The van der Waals surface area contributed by atoms with Crippen molar-refractivity contribution < 1.29 is 17.9 Å². The van der Waals surface area contributed by atoms with Gasteiger partial charge in [-0.15, -0.1) is 0 Å². The van der Waals surface area contributed by atoms with Gasteiger partial charge < -0.3 is 10.1 Å². The molecule has 0 radical (unpaired) electrons. The summed E-state index contributed by atoms with van der Waals surface area (Å²) in [4.78, 5) is 12.5. The number of ether oxygens (including phenoxy) is 1. The number of amides is 1. The highest BCUT2D eigenvalue weighted by Gasteiger charge is 2.27. The van der Waals surface area contributed by atoms with Gasteiger partial charge in [0.1, 0.15) is 6.54 Å². The van der Waals surface area contributed by atoms with E-state index < -0.39 is 10.0 Å². The summed E-state index contributed by atoms with van der Waals surface area (Å²) in [5.74, 6) is -0.383. The van der Waals surface area contributed by atoms with Gasteiger partial charge in [-0.05, 0) is 49.2 Å². The minimum Gasteiger partial charge on any atom is -0.376 e. The first-order chi connectivity index (χ1) is 13.0. The van der Waals surface area contributed by atoms with Gasteiger partial charge >= 0.3 is 0 Å². The summed E-state index contributed by atoms with van der Waals surface area (Å²) in [6.07, 6.45) is 1.86. The third-order valence-corrected chi connectivity index (χ3v) is 6.32. The average Bonchev–Trinajstić information content (AvgIpc) is 3.19. The van der Waals surface area contributed by atoms with Gasteiger partial charge in [-0.25, -0.2) is 8.42 Å². The van der Waals surface area contributed by atoms with Crippen LogP contribution < -0.4 is 9.62 Å². The molecule has 2 aromatic carbocycles. The van der Waals surface area contributed by atoms with E-state index in [0.717, 1.165) is 17.1 Å². The molecule has 0 aromatic heterocycles. The number of carbonyl (C=O) groups excluding carboxylic acids is 1. The monoisotopic (exact) mass is 408 g/mol. The van der Waals surface area contributed by atoms with E-state index in [1.807, 2.05) is 0 Å². The van der Waals surface area contributed by atoms with Crippen molar-refractivity contribution in [1.82, 2.24) is 5.32 Å². The van der Waals surface area contributed by atoms with Crippen LogP contribution in [0, 0.1) is 0 Å². The average molecular weight is 409 g/mol. The molecule has 1 unspecified atom stereocenters. The molecule has 1 aliphatic rings. The van der Waals surface area contributed by atoms with Gasteiger partial charge in [0.2, 0.25) is 5.91 Å². The van der Waals surface area contributed by atoms with Crippen molar-refractivity contribution in [3.63, 3.8) is 0 Å². The molecule has 1 aliphatic heterocycles. The minimum absolute atomic E-state index is 0.00741. The summed E-state index contributed by atoms with van der Waals surface area (Å²) in [6.45, 7) is 0.756. The number of sulfonamides is 1. The Morgan fingerprint density at radius 1 is 1.15 bits per heavy atom. The molecule has 1 heterocycles. The first-order valence-electron chi connectivity index (χ1n) is 8.68. The van der Waals surface area contributed by atoms with E-state index in [1.165, 1.54) is 24.3 Å². The summed E-state index contributed by atoms with van der Waals surface area (Å²) in [7, 11) is -3.92. The van der Waals surface area contributed by atoms with Gasteiger partial charge in [-0.3, -0.25) is 9.10 Å². The Morgan fingerprint density at radius 2 is 1.85 bits per heavy atom. The Labute approximate surface area is 164 Å². The SMILES string of the molecule is O=C(CN(c1ccccc1)S(=O)(=O)c1ccc(Cl)cc1)NCC1CCCO1. The van der Waals surface area contributed by atoms with Crippen LogP contribution in [0.4, 0.5) is 5.69 Å². The van der Waals surface area contributed by atoms with Crippen molar-refractivity contribution in [1.29, 1.82) is 0 Å². The largest absolute Gasteiger partial charge is 0.376 e. The maximum absolute atomic E-state index is 13.1. The van der Waals surface area contributed by atoms with Crippen molar-refractivity contribution in [3.05, 3.63) is 59.6 Å². The number of para-hydroxylation sites is 1. The fourth-order valence-electron chi connectivity index (χ4n) is 2.86. The molecule has 0 bridgehead atoms. The molecule has 6 nitrogen and oxygen atoms in total. The van der Waals surface area contributed by atoms with E-state index in [4.69, 9.17) is 16.3 Å². The predicted molar refractivity (Wildman–Crippen MR) is 104 cm³/mol. The molecule has 144 valence electrons. The second kappa shape index (κ2) is 8.73.